The molecule has 1 fully saturated rings. The van der Waals surface area contributed by atoms with Gasteiger partial charge in [-0.2, -0.15) is 0 Å². The first kappa shape index (κ1) is 25.4. The summed E-state index contributed by atoms with van der Waals surface area (Å²) >= 11 is 0. The van der Waals surface area contributed by atoms with Crippen LogP contribution >= 0.6 is 0 Å². The molecule has 0 bridgehead atoms. The highest BCUT2D eigenvalue weighted by Crippen LogP contribution is 2.40. The second kappa shape index (κ2) is 11.3. The molecule has 11 nitrogen and oxygen atoms in total. The summed E-state index contributed by atoms with van der Waals surface area (Å²) in [4.78, 5) is 24.1. The summed E-state index contributed by atoms with van der Waals surface area (Å²) in [5.41, 5.74) is 8.11. The van der Waals surface area contributed by atoms with Gasteiger partial charge < -0.3 is 34.9 Å². The Hall–Kier alpha value is -3.73. The number of fused-ring (bicyclic) bond motifs is 1. The van der Waals surface area contributed by atoms with E-state index in [0.29, 0.717) is 60.8 Å². The molecule has 0 radical (unpaired) electrons. The number of imidazole rings is 1. The molecule has 0 spiro atoms. The minimum atomic E-state index is -0.151. The zero-order chi connectivity index (χ0) is 25.7. The number of ether oxygens (including phenoxy) is 4. The number of rotatable bonds is 10. The molecule has 3 N–H and O–H groups in total. The molecule has 0 aliphatic carbocycles. The predicted molar refractivity (Wildman–Crippen MR) is 138 cm³/mol. The first-order valence-electron chi connectivity index (χ1n) is 12.1. The molecule has 36 heavy (non-hydrogen) atoms. The van der Waals surface area contributed by atoms with Crippen LogP contribution in [0.15, 0.2) is 24.3 Å². The monoisotopic (exact) mass is 498 g/mol. The molecule has 11 heteroatoms. The van der Waals surface area contributed by atoms with Crippen LogP contribution in [0.2, 0.25) is 0 Å². The second-order valence-electron chi connectivity index (χ2n) is 8.46. The number of nitrogens with zero attached hydrogens (tertiary/aromatic N) is 4. The zero-order valence-corrected chi connectivity index (χ0v) is 21.2. The summed E-state index contributed by atoms with van der Waals surface area (Å²) in [5, 5.41) is 3.35. The lowest BCUT2D eigenvalue weighted by Gasteiger charge is -2.32. The van der Waals surface area contributed by atoms with Gasteiger partial charge in [-0.15, -0.1) is 0 Å². The van der Waals surface area contributed by atoms with E-state index in [2.05, 4.69) is 10.2 Å². The van der Waals surface area contributed by atoms with E-state index in [1.807, 2.05) is 35.8 Å². The third-order valence-corrected chi connectivity index (χ3v) is 6.22. The second-order valence-corrected chi connectivity index (χ2v) is 8.46. The molecule has 1 saturated heterocycles. The van der Waals surface area contributed by atoms with Gasteiger partial charge in [-0.3, -0.25) is 9.36 Å². The molecule has 0 amide bonds. The molecule has 1 atom stereocenters. The van der Waals surface area contributed by atoms with E-state index in [0.717, 1.165) is 30.7 Å². The van der Waals surface area contributed by atoms with Gasteiger partial charge >= 0.3 is 5.97 Å². The Morgan fingerprint density at radius 2 is 1.89 bits per heavy atom. The van der Waals surface area contributed by atoms with Crippen LogP contribution in [0.5, 0.6) is 17.2 Å². The van der Waals surface area contributed by atoms with Gasteiger partial charge in [-0.05, 0) is 31.9 Å². The van der Waals surface area contributed by atoms with E-state index >= 15 is 0 Å². The molecule has 0 saturated carbocycles. The summed E-state index contributed by atoms with van der Waals surface area (Å²) in [6.45, 7) is 4.56. The van der Waals surface area contributed by atoms with E-state index in [4.69, 9.17) is 34.6 Å². The van der Waals surface area contributed by atoms with Crippen LogP contribution in [0.4, 0.5) is 17.5 Å². The van der Waals surface area contributed by atoms with Crippen molar-refractivity contribution in [2.75, 3.05) is 57.8 Å². The molecule has 194 valence electrons. The smallest absolute Gasteiger partial charge is 0.310 e. The Balaban J connectivity index is 1.66. The maximum Gasteiger partial charge on any atom is 0.310 e. The molecule has 1 aliphatic rings. The highest BCUT2D eigenvalue weighted by Gasteiger charge is 2.28. The SMILES string of the molecule is CCOC(=O)C1CCCN(c2ccc3nc(Nc4cc(OC)c(OC)c(OC)c4)n(CCN)c3n2)C1. The Morgan fingerprint density at radius 1 is 1.14 bits per heavy atom. The maximum atomic E-state index is 12.3. The van der Waals surface area contributed by atoms with Crippen molar-refractivity contribution in [1.29, 1.82) is 0 Å². The van der Waals surface area contributed by atoms with Crippen molar-refractivity contribution >= 4 is 34.6 Å². The quantitative estimate of drug-likeness (QED) is 0.403. The van der Waals surface area contributed by atoms with Gasteiger partial charge in [0.1, 0.15) is 11.3 Å². The van der Waals surface area contributed by atoms with Crippen LogP contribution in [-0.2, 0) is 16.1 Å². The highest BCUT2D eigenvalue weighted by molar-refractivity contribution is 5.79. The first-order valence-corrected chi connectivity index (χ1v) is 12.1. The Bertz CT molecular complexity index is 1190. The average Bonchev–Trinajstić information content (AvgIpc) is 3.24. The molecule has 1 aromatic carbocycles. The number of pyridine rings is 1. The largest absolute Gasteiger partial charge is 0.493 e. The fourth-order valence-electron chi connectivity index (χ4n) is 4.52. The van der Waals surface area contributed by atoms with Crippen molar-refractivity contribution in [3.8, 4) is 17.2 Å². The molecular weight excluding hydrogens is 464 g/mol. The summed E-state index contributed by atoms with van der Waals surface area (Å²) in [7, 11) is 4.71. The van der Waals surface area contributed by atoms with Gasteiger partial charge in [0.15, 0.2) is 17.1 Å². The van der Waals surface area contributed by atoms with Gasteiger partial charge in [0.25, 0.3) is 0 Å². The van der Waals surface area contributed by atoms with Gasteiger partial charge in [0.05, 0.1) is 33.9 Å². The number of nitrogens with two attached hydrogens (primary N) is 1. The standard InChI is InChI=1S/C25H34N6O5/c1-5-36-24(32)16-7-6-11-30(15-16)21-9-8-18-23(29-21)31(12-10-26)25(28-18)27-17-13-19(33-2)22(35-4)20(14-17)34-3/h8-9,13-14,16H,5-7,10-12,15,26H2,1-4H3,(H,27,28). The lowest BCUT2D eigenvalue weighted by atomic mass is 9.98. The lowest BCUT2D eigenvalue weighted by Crippen LogP contribution is -2.39. The predicted octanol–water partition coefficient (Wildman–Crippen LogP) is 2.94. The van der Waals surface area contributed by atoms with E-state index < -0.39 is 0 Å². The van der Waals surface area contributed by atoms with Crippen LogP contribution < -0.4 is 30.2 Å². The van der Waals surface area contributed by atoms with Crippen LogP contribution in [0, 0.1) is 5.92 Å². The number of anilines is 3. The first-order chi connectivity index (χ1) is 17.5. The van der Waals surface area contributed by atoms with E-state index in [1.165, 1.54) is 0 Å². The molecule has 1 aliphatic heterocycles. The number of hydrogen-bond acceptors (Lipinski definition) is 10. The number of carbonyl (C=O) groups excluding carboxylic acids is 1. The van der Waals surface area contributed by atoms with Gasteiger partial charge in [0, 0.05) is 44.0 Å². The summed E-state index contributed by atoms with van der Waals surface area (Å²) in [5.74, 6) is 2.67. The van der Waals surface area contributed by atoms with Crippen molar-refractivity contribution < 1.29 is 23.7 Å². The Labute approximate surface area is 210 Å². The van der Waals surface area contributed by atoms with Crippen LogP contribution in [0.1, 0.15) is 19.8 Å². The van der Waals surface area contributed by atoms with E-state index in [-0.39, 0.29) is 11.9 Å². The number of aromatic nitrogens is 3. The molecule has 2 aromatic heterocycles. The topological polar surface area (TPSA) is 126 Å². The number of nitrogens with one attached hydrogen (secondary N) is 1. The highest BCUT2D eigenvalue weighted by atomic mass is 16.5. The van der Waals surface area contributed by atoms with Gasteiger partial charge in [0.2, 0.25) is 11.7 Å². The van der Waals surface area contributed by atoms with E-state index in [1.54, 1.807) is 21.3 Å². The number of methoxy groups -OCH3 is 3. The minimum absolute atomic E-state index is 0.145. The summed E-state index contributed by atoms with van der Waals surface area (Å²) < 4.78 is 23.6. The van der Waals surface area contributed by atoms with Crippen LogP contribution in [0.25, 0.3) is 11.2 Å². The van der Waals surface area contributed by atoms with Crippen molar-refractivity contribution in [2.24, 2.45) is 11.7 Å². The van der Waals surface area contributed by atoms with Gasteiger partial charge in [-0.25, -0.2) is 9.97 Å². The van der Waals surface area contributed by atoms with Crippen molar-refractivity contribution in [3.63, 3.8) is 0 Å². The number of piperidine rings is 1. The molecule has 1 unspecified atom stereocenters. The third kappa shape index (κ3) is 5.11. The Morgan fingerprint density at radius 3 is 2.53 bits per heavy atom. The number of hydrogen-bond donors (Lipinski definition) is 2. The van der Waals surface area contributed by atoms with Crippen molar-refractivity contribution in [1.82, 2.24) is 14.5 Å². The number of carbonyl (C=O) groups is 1. The summed E-state index contributed by atoms with van der Waals surface area (Å²) in [6, 6.07) is 7.52. The average molecular weight is 499 g/mol. The molecular formula is C25H34N6O5. The molecule has 3 heterocycles. The lowest BCUT2D eigenvalue weighted by molar-refractivity contribution is -0.148. The maximum absolute atomic E-state index is 12.3. The zero-order valence-electron chi connectivity index (χ0n) is 21.2. The van der Waals surface area contributed by atoms with E-state index in [9.17, 15) is 4.79 Å². The number of benzene rings is 1. The molecule has 3 aromatic rings. The number of esters is 1. The summed E-state index contributed by atoms with van der Waals surface area (Å²) in [6.07, 6.45) is 1.73. The van der Waals surface area contributed by atoms with Crippen LogP contribution in [-0.4, -0.2) is 68.1 Å². The van der Waals surface area contributed by atoms with Gasteiger partial charge in [-0.1, -0.05) is 0 Å². The third-order valence-electron chi connectivity index (χ3n) is 6.22. The van der Waals surface area contributed by atoms with Crippen molar-refractivity contribution in [2.45, 2.75) is 26.3 Å². The van der Waals surface area contributed by atoms with Crippen molar-refractivity contribution in [3.05, 3.63) is 24.3 Å². The Kier molecular flexibility index (Phi) is 7.99. The fraction of sp³-hybridized carbons (Fsp3) is 0.480. The normalized spacial score (nSPS) is 15.6. The van der Waals surface area contributed by atoms with Crippen LogP contribution in [0.3, 0.4) is 0 Å². The molecule has 4 rings (SSSR count). The minimum Gasteiger partial charge on any atom is -0.493 e. The fourth-order valence-corrected chi connectivity index (χ4v) is 4.52.